The predicted molar refractivity (Wildman–Crippen MR) is 123 cm³/mol. The van der Waals surface area contributed by atoms with Crippen LogP contribution in [0.5, 0.6) is 5.75 Å². The lowest BCUT2D eigenvalue weighted by molar-refractivity contribution is -0.127. The van der Waals surface area contributed by atoms with Crippen molar-refractivity contribution in [3.8, 4) is 5.75 Å². The van der Waals surface area contributed by atoms with E-state index in [1.54, 1.807) is 19.2 Å². The molecule has 0 N–H and O–H groups in total. The summed E-state index contributed by atoms with van der Waals surface area (Å²) in [5.41, 5.74) is 0.0712. The van der Waals surface area contributed by atoms with Gasteiger partial charge in [0.15, 0.2) is 7.14 Å². The summed E-state index contributed by atoms with van der Waals surface area (Å²) in [6.07, 6.45) is -0.750. The molecule has 1 saturated heterocycles. The number of hydrogen-bond donors (Lipinski definition) is 0. The van der Waals surface area contributed by atoms with Crippen LogP contribution in [0.2, 0.25) is 0 Å². The van der Waals surface area contributed by atoms with Crippen LogP contribution in [-0.4, -0.2) is 37.2 Å². The molecule has 0 bridgehead atoms. The minimum absolute atomic E-state index is 0.0947. The SMILES string of the molecule is COc1ccc([C@H](CC(=O)N2CCOC2=O)P(=O)(c2ccccc2)c2ccccc2)cc1. The zero-order valence-corrected chi connectivity index (χ0v) is 18.6. The van der Waals surface area contributed by atoms with Gasteiger partial charge in [0.2, 0.25) is 5.91 Å². The minimum Gasteiger partial charge on any atom is -0.497 e. The molecule has 1 heterocycles. The van der Waals surface area contributed by atoms with Crippen LogP contribution < -0.4 is 15.3 Å². The minimum atomic E-state index is -3.33. The number of carbonyl (C=O) groups is 2. The van der Waals surface area contributed by atoms with Crippen LogP contribution in [0.25, 0.3) is 0 Å². The van der Waals surface area contributed by atoms with E-state index in [0.29, 0.717) is 16.4 Å². The lowest BCUT2D eigenvalue weighted by Gasteiger charge is -2.30. The van der Waals surface area contributed by atoms with E-state index in [4.69, 9.17) is 9.47 Å². The first-order chi connectivity index (χ1) is 15.5. The number of cyclic esters (lactones) is 1. The van der Waals surface area contributed by atoms with Gasteiger partial charge < -0.3 is 14.0 Å². The molecule has 164 valence electrons. The quantitative estimate of drug-likeness (QED) is 0.508. The monoisotopic (exact) mass is 449 g/mol. The molecule has 0 saturated carbocycles. The number of rotatable bonds is 7. The van der Waals surface area contributed by atoms with Crippen molar-refractivity contribution < 1.29 is 23.6 Å². The van der Waals surface area contributed by atoms with Crippen LogP contribution in [0, 0.1) is 0 Å². The number of ether oxygens (including phenoxy) is 2. The van der Waals surface area contributed by atoms with Gasteiger partial charge in [0.05, 0.1) is 19.3 Å². The molecule has 6 nitrogen and oxygen atoms in total. The zero-order valence-electron chi connectivity index (χ0n) is 17.7. The van der Waals surface area contributed by atoms with Crippen LogP contribution in [-0.2, 0) is 14.1 Å². The van der Waals surface area contributed by atoms with E-state index < -0.39 is 24.8 Å². The standard InChI is InChI=1S/C25H24NO5P/c1-30-20-14-12-19(13-15-20)23(18-24(27)26-16-17-31-25(26)28)32(29,21-8-4-2-5-9-21)22-10-6-3-7-11-22/h2-15,23H,16-18H2,1H3/t23-/m0/s1. The molecule has 32 heavy (non-hydrogen) atoms. The second-order valence-corrected chi connectivity index (χ2v) is 10.5. The Morgan fingerprint density at radius 2 is 1.53 bits per heavy atom. The van der Waals surface area contributed by atoms with Crippen LogP contribution in [0.15, 0.2) is 84.9 Å². The largest absolute Gasteiger partial charge is 0.497 e. The van der Waals surface area contributed by atoms with E-state index in [1.807, 2.05) is 72.8 Å². The lowest BCUT2D eigenvalue weighted by Crippen LogP contribution is -2.34. The van der Waals surface area contributed by atoms with E-state index >= 15 is 0 Å². The first-order valence-electron chi connectivity index (χ1n) is 10.4. The highest BCUT2D eigenvalue weighted by molar-refractivity contribution is 7.79. The molecule has 1 aliphatic rings. The third-order valence-corrected chi connectivity index (χ3v) is 9.14. The van der Waals surface area contributed by atoms with Crippen molar-refractivity contribution in [1.82, 2.24) is 4.90 Å². The van der Waals surface area contributed by atoms with Gasteiger partial charge >= 0.3 is 6.09 Å². The molecule has 1 aliphatic heterocycles. The van der Waals surface area contributed by atoms with Crippen LogP contribution in [0.4, 0.5) is 4.79 Å². The van der Waals surface area contributed by atoms with Crippen LogP contribution >= 0.6 is 7.14 Å². The third-order valence-electron chi connectivity index (χ3n) is 5.65. The van der Waals surface area contributed by atoms with Crippen molar-refractivity contribution in [1.29, 1.82) is 0 Å². The van der Waals surface area contributed by atoms with Crippen molar-refractivity contribution in [2.75, 3.05) is 20.3 Å². The fraction of sp³-hybridized carbons (Fsp3) is 0.200. The molecular weight excluding hydrogens is 425 g/mol. The summed E-state index contributed by atoms with van der Waals surface area (Å²) in [4.78, 5) is 26.2. The first-order valence-corrected chi connectivity index (χ1v) is 12.1. The van der Waals surface area contributed by atoms with Crippen molar-refractivity contribution in [3.05, 3.63) is 90.5 Å². The molecular formula is C25H24NO5P. The van der Waals surface area contributed by atoms with E-state index in [1.165, 1.54) is 0 Å². The van der Waals surface area contributed by atoms with Gasteiger partial charge in [0.1, 0.15) is 12.4 Å². The van der Waals surface area contributed by atoms with Gasteiger partial charge in [-0.3, -0.25) is 4.79 Å². The number of benzene rings is 3. The number of hydrogen-bond acceptors (Lipinski definition) is 5. The fourth-order valence-corrected chi connectivity index (χ4v) is 7.24. The fourth-order valence-electron chi connectivity index (χ4n) is 3.99. The van der Waals surface area contributed by atoms with Crippen molar-refractivity contribution in [2.24, 2.45) is 0 Å². The lowest BCUT2D eigenvalue weighted by atomic mass is 10.1. The van der Waals surface area contributed by atoms with Crippen LogP contribution in [0.1, 0.15) is 17.6 Å². The molecule has 0 aliphatic carbocycles. The van der Waals surface area contributed by atoms with Gasteiger partial charge in [-0.15, -0.1) is 0 Å². The van der Waals surface area contributed by atoms with Crippen molar-refractivity contribution in [3.63, 3.8) is 0 Å². The second-order valence-electron chi connectivity index (χ2n) is 7.48. The van der Waals surface area contributed by atoms with E-state index in [-0.39, 0.29) is 19.6 Å². The Hall–Kier alpha value is -3.37. The predicted octanol–water partition coefficient (Wildman–Crippen LogP) is 4.12. The Kier molecular flexibility index (Phi) is 6.42. The molecule has 1 atom stereocenters. The maximum Gasteiger partial charge on any atom is 0.416 e. The average Bonchev–Trinajstić information content (AvgIpc) is 3.29. The van der Waals surface area contributed by atoms with Gasteiger partial charge in [-0.25, -0.2) is 9.69 Å². The summed E-state index contributed by atoms with van der Waals surface area (Å²) >= 11 is 0. The summed E-state index contributed by atoms with van der Waals surface area (Å²) in [5.74, 6) is 0.261. The van der Waals surface area contributed by atoms with Crippen LogP contribution in [0.3, 0.4) is 0 Å². The number of methoxy groups -OCH3 is 1. The summed E-state index contributed by atoms with van der Waals surface area (Å²) in [6.45, 7) is 0.376. The Bertz CT molecular complexity index is 1090. The van der Waals surface area contributed by atoms with E-state index in [9.17, 15) is 14.2 Å². The number of nitrogens with zero attached hydrogens (tertiary/aromatic N) is 1. The molecule has 7 heteroatoms. The Labute approximate surface area is 187 Å². The molecule has 1 fully saturated rings. The zero-order chi connectivity index (χ0) is 22.6. The van der Waals surface area contributed by atoms with Gasteiger partial charge in [0, 0.05) is 17.0 Å². The highest BCUT2D eigenvalue weighted by Gasteiger charge is 2.41. The van der Waals surface area contributed by atoms with Gasteiger partial charge in [-0.1, -0.05) is 72.8 Å². The van der Waals surface area contributed by atoms with Gasteiger partial charge in [0.25, 0.3) is 0 Å². The van der Waals surface area contributed by atoms with Crippen molar-refractivity contribution in [2.45, 2.75) is 12.1 Å². The average molecular weight is 449 g/mol. The normalized spacial score (nSPS) is 14.7. The van der Waals surface area contributed by atoms with E-state index in [2.05, 4.69) is 0 Å². The highest BCUT2D eigenvalue weighted by Crippen LogP contribution is 2.59. The topological polar surface area (TPSA) is 72.9 Å². The summed E-state index contributed by atoms with van der Waals surface area (Å²) in [6, 6.07) is 25.7. The highest BCUT2D eigenvalue weighted by atomic mass is 31.2. The molecule has 2 amide bonds. The summed E-state index contributed by atoms with van der Waals surface area (Å²) in [5, 5.41) is 1.31. The van der Waals surface area contributed by atoms with Crippen molar-refractivity contribution >= 4 is 29.8 Å². The Morgan fingerprint density at radius 1 is 0.969 bits per heavy atom. The molecule has 0 radical (unpaired) electrons. The summed E-state index contributed by atoms with van der Waals surface area (Å²) < 4.78 is 25.2. The smallest absolute Gasteiger partial charge is 0.416 e. The maximum atomic E-state index is 15.0. The molecule has 0 aromatic heterocycles. The van der Waals surface area contributed by atoms with E-state index in [0.717, 1.165) is 10.5 Å². The molecule has 3 aromatic rings. The molecule has 3 aromatic carbocycles. The maximum absolute atomic E-state index is 15.0. The first kappa shape index (κ1) is 21.8. The number of imide groups is 1. The summed E-state index contributed by atoms with van der Waals surface area (Å²) in [7, 11) is -1.76. The van der Waals surface area contributed by atoms with Gasteiger partial charge in [-0.05, 0) is 17.7 Å². The Morgan fingerprint density at radius 3 is 2.00 bits per heavy atom. The Balaban J connectivity index is 1.85. The number of amides is 2. The molecule has 0 unspecified atom stereocenters. The second kappa shape index (κ2) is 9.41. The molecule has 4 rings (SSSR count). The molecule has 0 spiro atoms. The van der Waals surface area contributed by atoms with Gasteiger partial charge in [-0.2, -0.15) is 0 Å². The number of carbonyl (C=O) groups excluding carboxylic acids is 2. The third kappa shape index (κ3) is 4.19.